The highest BCUT2D eigenvalue weighted by atomic mass is 32.3. The van der Waals surface area contributed by atoms with Crippen molar-refractivity contribution in [1.29, 1.82) is 0 Å². The summed E-state index contributed by atoms with van der Waals surface area (Å²) in [6.45, 7) is 0. The number of hydrogen-bond donors (Lipinski definition) is 2. The van der Waals surface area contributed by atoms with E-state index in [1.54, 1.807) is 4.75 Å². The zero-order valence-electron chi connectivity index (χ0n) is 3.75. The minimum absolute atomic E-state index is 1.75. The van der Waals surface area contributed by atoms with Crippen LogP contribution in [0.25, 0.3) is 0 Å². The van der Waals surface area contributed by atoms with Crippen molar-refractivity contribution in [3.63, 3.8) is 0 Å². The first kappa shape index (κ1) is 11.1. The molecule has 0 aromatic carbocycles. The van der Waals surface area contributed by atoms with Gasteiger partial charge in [-0.2, -0.15) is 8.42 Å². The molecule has 0 heterocycles. The first-order valence-electron chi connectivity index (χ1n) is 1.20. The fourth-order valence-corrected chi connectivity index (χ4v) is 0. The molecule has 0 rings (SSSR count). The molecule has 0 saturated heterocycles. The Balaban J connectivity index is 0. The normalized spacial score (nSPS) is 9.11. The van der Waals surface area contributed by atoms with Gasteiger partial charge in [-0.05, 0) is 0 Å². The standard InChI is InChI=1S/H2O5S.O3/c1-5-6(2,3)4;1-3-2/h1H,(H,2,3,4);. The molecular formula is H2O8S. The molecule has 0 aliphatic rings. The van der Waals surface area contributed by atoms with Crippen LogP contribution in [0, 0.1) is 9.71 Å². The van der Waals surface area contributed by atoms with Crippen LogP contribution in [0.5, 0.6) is 0 Å². The van der Waals surface area contributed by atoms with Gasteiger partial charge >= 0.3 is 10.4 Å². The van der Waals surface area contributed by atoms with Gasteiger partial charge in [0.15, 0.2) is 4.75 Å². The van der Waals surface area contributed by atoms with Crippen molar-refractivity contribution in [1.82, 2.24) is 0 Å². The molecule has 2 N–H and O–H groups in total. The molecule has 9 heavy (non-hydrogen) atoms. The molecule has 0 aliphatic heterocycles. The van der Waals surface area contributed by atoms with Crippen molar-refractivity contribution >= 4 is 10.4 Å². The predicted octanol–water partition coefficient (Wildman–Crippen LogP) is -1.84. The molecule has 0 amide bonds. The van der Waals surface area contributed by atoms with Crippen LogP contribution in [-0.2, 0) is 14.7 Å². The van der Waals surface area contributed by atoms with Gasteiger partial charge in [0.2, 0.25) is 0 Å². The van der Waals surface area contributed by atoms with Crippen molar-refractivity contribution in [2.45, 2.75) is 0 Å². The molecule has 0 spiro atoms. The molecule has 0 atom stereocenters. The summed E-state index contributed by atoms with van der Waals surface area (Å²) in [4.78, 5) is 7.88. The highest BCUT2D eigenvalue weighted by molar-refractivity contribution is 7.80. The van der Waals surface area contributed by atoms with Gasteiger partial charge < -0.3 is 0 Å². The summed E-state index contributed by atoms with van der Waals surface area (Å²) in [6, 6.07) is 0. The van der Waals surface area contributed by atoms with E-state index in [1.165, 1.54) is 0 Å². The summed E-state index contributed by atoms with van der Waals surface area (Å²) in [6.07, 6.45) is 0. The smallest absolute Gasteiger partial charge is 0.262 e. The van der Waals surface area contributed by atoms with Crippen LogP contribution in [0.15, 0.2) is 0 Å². The Morgan fingerprint density at radius 3 is 1.67 bits per heavy atom. The van der Waals surface area contributed by atoms with Gasteiger partial charge in [-0.1, -0.05) is 14.6 Å². The lowest BCUT2D eigenvalue weighted by Crippen LogP contribution is -1.97. The van der Waals surface area contributed by atoms with Gasteiger partial charge in [-0.25, -0.2) is 5.26 Å². The maximum atomic E-state index is 9.08. The maximum Gasteiger partial charge on any atom is 0.423 e. The molecule has 56 valence electrons. The number of hydrogen-bond acceptors (Lipinski definition) is 6. The summed E-state index contributed by atoms with van der Waals surface area (Å²) >= 11 is 0. The van der Waals surface area contributed by atoms with Crippen LogP contribution in [-0.4, -0.2) is 18.2 Å². The average Bonchev–Trinajstić information content (AvgIpc) is 1.67. The second-order valence-electron chi connectivity index (χ2n) is 0.570. The number of rotatable bonds is 1. The third-order valence-electron chi connectivity index (χ3n) is 0.0942. The van der Waals surface area contributed by atoms with Crippen molar-refractivity contribution in [2.75, 3.05) is 0 Å². The van der Waals surface area contributed by atoms with E-state index in [4.69, 9.17) is 28.4 Å². The largest absolute Gasteiger partial charge is 0.423 e. The van der Waals surface area contributed by atoms with E-state index in [2.05, 4.69) is 4.33 Å². The Labute approximate surface area is 49.0 Å². The second kappa shape index (κ2) is 5.37. The van der Waals surface area contributed by atoms with Gasteiger partial charge in [0.05, 0.1) is 0 Å². The van der Waals surface area contributed by atoms with E-state index in [1.807, 2.05) is 0 Å². The van der Waals surface area contributed by atoms with Gasteiger partial charge in [0.25, 0.3) is 0 Å². The third-order valence-corrected chi connectivity index (χ3v) is 0.283. The molecule has 9 heteroatoms. The highest BCUT2D eigenvalue weighted by Gasteiger charge is 1.97. The molecule has 0 aromatic rings. The zero-order valence-corrected chi connectivity index (χ0v) is 4.57. The molecule has 0 radical (unpaired) electrons. The minimum atomic E-state index is -4.61. The van der Waals surface area contributed by atoms with Crippen LogP contribution in [0.2, 0.25) is 0 Å². The summed E-state index contributed by atoms with van der Waals surface area (Å²) in [7, 11) is -4.61. The molecule has 0 fully saturated rings. The monoisotopic (exact) mass is 162 g/mol. The highest BCUT2D eigenvalue weighted by Crippen LogP contribution is 1.74. The Kier molecular flexibility index (Phi) is 6.61. The van der Waals surface area contributed by atoms with E-state index in [0.717, 1.165) is 0 Å². The molecular weight excluding hydrogens is 160 g/mol. The predicted molar refractivity (Wildman–Crippen MR) is 22.0 cm³/mol. The van der Waals surface area contributed by atoms with Gasteiger partial charge in [0, 0.05) is 0 Å². The van der Waals surface area contributed by atoms with Crippen LogP contribution in [0.1, 0.15) is 0 Å². The Hall–Kier alpha value is -0.770. The van der Waals surface area contributed by atoms with Crippen molar-refractivity contribution in [3.8, 4) is 0 Å². The van der Waals surface area contributed by atoms with Crippen LogP contribution in [0.4, 0.5) is 0 Å². The molecule has 8 nitrogen and oxygen atoms in total. The summed E-state index contributed by atoms with van der Waals surface area (Å²) < 4.78 is 29.7. The fourth-order valence-electron chi connectivity index (χ4n) is 0. The Bertz CT molecular complexity index is 138. The van der Waals surface area contributed by atoms with E-state index in [0.29, 0.717) is 0 Å². The maximum absolute atomic E-state index is 9.08. The molecule has 0 saturated carbocycles. The summed E-state index contributed by atoms with van der Waals surface area (Å²) in [5.74, 6) is 0. The lowest BCUT2D eigenvalue weighted by molar-refractivity contribution is -0.284. The van der Waals surface area contributed by atoms with Crippen molar-refractivity contribution in [3.05, 3.63) is 9.71 Å². The third kappa shape index (κ3) is 39.8. The molecule has 0 unspecified atom stereocenters. The van der Waals surface area contributed by atoms with Crippen LogP contribution >= 0.6 is 0 Å². The zero-order chi connectivity index (χ0) is 7.91. The van der Waals surface area contributed by atoms with Crippen molar-refractivity contribution < 1.29 is 27.8 Å². The van der Waals surface area contributed by atoms with Crippen LogP contribution in [0.3, 0.4) is 0 Å². The lowest BCUT2D eigenvalue weighted by Gasteiger charge is -1.79. The van der Waals surface area contributed by atoms with E-state index in [9.17, 15) is 0 Å². The topological polar surface area (TPSA) is 135 Å². The average molecular weight is 162 g/mol. The van der Waals surface area contributed by atoms with E-state index >= 15 is 0 Å². The quantitative estimate of drug-likeness (QED) is 0.200. The SMILES string of the molecule is O=S(=O)(O)OO.O=[O+][O-]. The lowest BCUT2D eigenvalue weighted by atomic mass is 14.8. The first-order valence-corrected chi connectivity index (χ1v) is 2.56. The summed E-state index contributed by atoms with van der Waals surface area (Å²) in [5, 5.41) is 14.9. The molecule has 0 aromatic heterocycles. The van der Waals surface area contributed by atoms with Gasteiger partial charge in [-0.15, -0.1) is 0 Å². The second-order valence-corrected chi connectivity index (χ2v) is 1.57. The Morgan fingerprint density at radius 2 is 1.67 bits per heavy atom. The summed E-state index contributed by atoms with van der Waals surface area (Å²) in [5.41, 5.74) is 0. The van der Waals surface area contributed by atoms with Crippen LogP contribution < -0.4 is 5.26 Å². The van der Waals surface area contributed by atoms with Gasteiger partial charge in [0.1, 0.15) is 0 Å². The van der Waals surface area contributed by atoms with Crippen molar-refractivity contribution in [2.24, 2.45) is 0 Å². The van der Waals surface area contributed by atoms with E-state index in [-0.39, 0.29) is 0 Å². The first-order chi connectivity index (χ1) is 3.97. The Morgan fingerprint density at radius 1 is 1.56 bits per heavy atom. The van der Waals surface area contributed by atoms with E-state index < -0.39 is 10.4 Å². The molecule has 0 bridgehead atoms. The van der Waals surface area contributed by atoms with Gasteiger partial charge in [-0.3, -0.25) is 4.55 Å². The fraction of sp³-hybridized carbons (Fsp3) is 0. The minimum Gasteiger partial charge on any atom is -0.262 e. The molecule has 0 aliphatic carbocycles.